The fourth-order valence-electron chi connectivity index (χ4n) is 4.86. The van der Waals surface area contributed by atoms with Crippen molar-refractivity contribution in [1.29, 1.82) is 0 Å². The van der Waals surface area contributed by atoms with Gasteiger partial charge in [0.1, 0.15) is 0 Å². The summed E-state index contributed by atoms with van der Waals surface area (Å²) in [6.45, 7) is 2.04. The Morgan fingerprint density at radius 2 is 1.96 bits per heavy atom. The molecule has 0 saturated heterocycles. The average molecular weight is 310 g/mol. The predicted molar refractivity (Wildman–Crippen MR) is 94.9 cm³/mol. The first-order chi connectivity index (χ1) is 11.3. The summed E-state index contributed by atoms with van der Waals surface area (Å²) in [5.41, 5.74) is 8.79. The maximum Gasteiger partial charge on any atom is 0.0635 e. The number of allylic oxidation sites excluding steroid dienone is 1. The van der Waals surface area contributed by atoms with Crippen LogP contribution in [0.5, 0.6) is 0 Å². The molecular weight excluding hydrogens is 284 g/mol. The second-order valence-corrected chi connectivity index (χ2v) is 7.13. The molecule has 1 aromatic rings. The minimum atomic E-state index is 0.557. The van der Waals surface area contributed by atoms with E-state index in [-0.39, 0.29) is 0 Å². The average Bonchev–Trinajstić information content (AvgIpc) is 3.15. The zero-order valence-electron chi connectivity index (χ0n) is 14.0. The summed E-state index contributed by atoms with van der Waals surface area (Å²) in [5.74, 6) is 2.84. The first kappa shape index (κ1) is 14.9. The molecule has 4 atom stereocenters. The van der Waals surface area contributed by atoms with Gasteiger partial charge in [-0.15, -0.1) is 0 Å². The highest BCUT2D eigenvalue weighted by molar-refractivity contribution is 5.80. The zero-order valence-corrected chi connectivity index (χ0v) is 14.0. The molecule has 2 aliphatic carbocycles. The van der Waals surface area contributed by atoms with Gasteiger partial charge in [0, 0.05) is 18.7 Å². The predicted octanol–water partition coefficient (Wildman–Crippen LogP) is 2.20. The third kappa shape index (κ3) is 2.50. The van der Waals surface area contributed by atoms with Crippen LogP contribution >= 0.6 is 0 Å². The van der Waals surface area contributed by atoms with E-state index in [1.165, 1.54) is 29.7 Å². The van der Waals surface area contributed by atoms with E-state index in [9.17, 15) is 0 Å². The van der Waals surface area contributed by atoms with E-state index in [0.29, 0.717) is 11.8 Å². The van der Waals surface area contributed by atoms with Gasteiger partial charge in [0.25, 0.3) is 0 Å². The molecular formula is C19H26N4. The van der Waals surface area contributed by atoms with Gasteiger partial charge in [-0.25, -0.2) is 0 Å². The molecule has 4 heteroatoms. The molecule has 1 aromatic carbocycles. The van der Waals surface area contributed by atoms with Gasteiger partial charge in [0.05, 0.1) is 5.70 Å². The van der Waals surface area contributed by atoms with E-state index < -0.39 is 0 Å². The summed E-state index contributed by atoms with van der Waals surface area (Å²) in [7, 11) is 4.05. The second kappa shape index (κ2) is 6.10. The van der Waals surface area contributed by atoms with Crippen LogP contribution in [0.4, 0.5) is 0 Å². The Kier molecular flexibility index (Phi) is 3.95. The molecule has 2 saturated carbocycles. The van der Waals surface area contributed by atoms with E-state index in [2.05, 4.69) is 58.7 Å². The van der Waals surface area contributed by atoms with E-state index in [1.54, 1.807) is 5.57 Å². The lowest BCUT2D eigenvalue weighted by molar-refractivity contribution is 0.362. The van der Waals surface area contributed by atoms with Gasteiger partial charge in [-0.05, 0) is 67.9 Å². The quantitative estimate of drug-likeness (QED) is 0.781. The lowest BCUT2D eigenvalue weighted by Gasteiger charge is -2.33. The van der Waals surface area contributed by atoms with Gasteiger partial charge < -0.3 is 10.6 Å². The van der Waals surface area contributed by atoms with Crippen LogP contribution in [0.15, 0.2) is 34.9 Å². The Bertz CT molecular complexity index is 631. The van der Waals surface area contributed by atoms with Crippen LogP contribution in [-0.2, 0) is 6.54 Å². The number of fused-ring (bicyclic) bond motifs is 5. The van der Waals surface area contributed by atoms with Gasteiger partial charge in [0.2, 0.25) is 0 Å². The van der Waals surface area contributed by atoms with E-state index in [4.69, 9.17) is 0 Å². The molecule has 2 fully saturated rings. The lowest BCUT2D eigenvalue weighted by Crippen LogP contribution is -2.32. The molecule has 0 radical (unpaired) electrons. The van der Waals surface area contributed by atoms with E-state index in [0.717, 1.165) is 24.9 Å². The number of hydrogen-bond acceptors (Lipinski definition) is 4. The van der Waals surface area contributed by atoms with Gasteiger partial charge in [-0.3, -0.25) is 5.43 Å². The number of nitrogens with zero attached hydrogens (tertiary/aromatic N) is 1. The number of nitrogens with one attached hydrogen (secondary N) is 3. The number of hydrazone groups is 1. The summed E-state index contributed by atoms with van der Waals surface area (Å²) >= 11 is 0. The largest absolute Gasteiger partial charge is 0.319 e. The van der Waals surface area contributed by atoms with Crippen LogP contribution < -0.4 is 16.1 Å². The van der Waals surface area contributed by atoms with Crippen molar-refractivity contribution in [1.82, 2.24) is 16.1 Å². The summed E-state index contributed by atoms with van der Waals surface area (Å²) in [6.07, 6.45) is 4.83. The molecule has 1 aliphatic heterocycles. The Morgan fingerprint density at radius 1 is 1.13 bits per heavy atom. The van der Waals surface area contributed by atoms with Crippen molar-refractivity contribution in [2.75, 3.05) is 20.6 Å². The summed E-state index contributed by atoms with van der Waals surface area (Å²) in [5, 5.41) is 11.1. The molecule has 2 bridgehead atoms. The summed E-state index contributed by atoms with van der Waals surface area (Å²) in [6, 6.07) is 8.90. The fourth-order valence-corrected chi connectivity index (χ4v) is 4.86. The first-order valence-electron chi connectivity index (χ1n) is 8.73. The molecule has 4 rings (SSSR count). The minimum Gasteiger partial charge on any atom is -0.319 e. The molecule has 1 heterocycles. The molecule has 3 N–H and O–H groups in total. The topological polar surface area (TPSA) is 48.5 Å². The van der Waals surface area contributed by atoms with Crippen molar-refractivity contribution in [3.8, 4) is 0 Å². The van der Waals surface area contributed by atoms with Crippen molar-refractivity contribution < 1.29 is 0 Å². The van der Waals surface area contributed by atoms with Crippen LogP contribution in [0.1, 0.15) is 24.0 Å². The second-order valence-electron chi connectivity index (χ2n) is 7.13. The van der Waals surface area contributed by atoms with Crippen LogP contribution in [0.2, 0.25) is 0 Å². The highest BCUT2D eigenvalue weighted by Gasteiger charge is 2.50. The minimum absolute atomic E-state index is 0.557. The highest BCUT2D eigenvalue weighted by Crippen LogP contribution is 2.56. The van der Waals surface area contributed by atoms with E-state index in [1.807, 2.05) is 7.05 Å². The third-order valence-electron chi connectivity index (χ3n) is 5.79. The first-order valence-corrected chi connectivity index (χ1v) is 8.73. The monoisotopic (exact) mass is 310 g/mol. The molecule has 122 valence electrons. The van der Waals surface area contributed by atoms with Crippen LogP contribution in [0.3, 0.4) is 0 Å². The smallest absolute Gasteiger partial charge is 0.0635 e. The maximum absolute atomic E-state index is 4.47. The highest BCUT2D eigenvalue weighted by atomic mass is 15.3. The fraction of sp³-hybridized carbons (Fsp3) is 0.526. The SMILES string of the molecule is CNCc1ccc(C2=C3C(C=NN2)C2CC(CNC)C3C2)cc1. The van der Waals surface area contributed by atoms with Crippen molar-refractivity contribution in [3.63, 3.8) is 0 Å². The van der Waals surface area contributed by atoms with E-state index >= 15 is 0 Å². The van der Waals surface area contributed by atoms with Crippen molar-refractivity contribution >= 4 is 11.9 Å². The molecule has 23 heavy (non-hydrogen) atoms. The van der Waals surface area contributed by atoms with Gasteiger partial charge in [0.15, 0.2) is 0 Å². The van der Waals surface area contributed by atoms with Gasteiger partial charge in [-0.2, -0.15) is 5.10 Å². The number of rotatable bonds is 5. The Labute approximate surface area is 138 Å². The third-order valence-corrected chi connectivity index (χ3v) is 5.79. The van der Waals surface area contributed by atoms with Gasteiger partial charge >= 0.3 is 0 Å². The zero-order chi connectivity index (χ0) is 15.8. The molecule has 4 nitrogen and oxygen atoms in total. The molecule has 0 spiro atoms. The normalized spacial score (nSPS) is 31.4. The van der Waals surface area contributed by atoms with Crippen LogP contribution in [0, 0.1) is 23.7 Å². The van der Waals surface area contributed by atoms with Gasteiger partial charge in [-0.1, -0.05) is 24.3 Å². The molecule has 0 aromatic heterocycles. The number of benzene rings is 1. The maximum atomic E-state index is 4.47. The molecule has 0 amide bonds. The molecule has 3 aliphatic rings. The number of hydrogen-bond donors (Lipinski definition) is 3. The van der Waals surface area contributed by atoms with Crippen molar-refractivity contribution in [2.45, 2.75) is 19.4 Å². The van der Waals surface area contributed by atoms with Crippen LogP contribution in [-0.4, -0.2) is 26.9 Å². The Morgan fingerprint density at radius 3 is 2.70 bits per heavy atom. The Balaban J connectivity index is 1.67. The van der Waals surface area contributed by atoms with Crippen LogP contribution in [0.25, 0.3) is 5.70 Å². The lowest BCUT2D eigenvalue weighted by atomic mass is 9.76. The Hall–Kier alpha value is -1.65. The standard InChI is InChI=1S/C19H26N4/c1-20-9-12-3-5-13(6-4-12)19-18-16-8-14(7-15(16)10-21-2)17(18)11-22-23-19/h3-6,11,14-17,20-21,23H,7-10H2,1-2H3. The summed E-state index contributed by atoms with van der Waals surface area (Å²) < 4.78 is 0. The molecule has 4 unspecified atom stereocenters. The summed E-state index contributed by atoms with van der Waals surface area (Å²) in [4.78, 5) is 0. The van der Waals surface area contributed by atoms with Crippen molar-refractivity contribution in [3.05, 3.63) is 41.0 Å². The van der Waals surface area contributed by atoms with Crippen molar-refractivity contribution in [2.24, 2.45) is 28.8 Å².